The molecule has 0 radical (unpaired) electrons. The van der Waals surface area contributed by atoms with E-state index in [0.717, 1.165) is 29.1 Å². The van der Waals surface area contributed by atoms with Crippen LogP contribution < -0.4 is 14.8 Å². The molecule has 4 nitrogen and oxygen atoms in total. The molecule has 0 saturated heterocycles. The number of hydrogen-bond donors (Lipinski definition) is 2. The highest BCUT2D eigenvalue weighted by atomic mass is 16.5. The molecule has 0 fully saturated rings. The van der Waals surface area contributed by atoms with Gasteiger partial charge in [0.1, 0.15) is 11.5 Å². The number of aromatic nitrogens is 1. The van der Waals surface area contributed by atoms with E-state index in [1.807, 2.05) is 6.07 Å². The Bertz CT molecular complexity index is 973. The molecule has 2 N–H and O–H groups in total. The number of methoxy groups -OCH3 is 2. The van der Waals surface area contributed by atoms with Crippen LogP contribution in [0.4, 0.5) is 5.69 Å². The predicted molar refractivity (Wildman–Crippen MR) is 107 cm³/mol. The fraction of sp³-hybridized carbons (Fsp3) is 0.364. The van der Waals surface area contributed by atoms with E-state index in [1.54, 1.807) is 14.2 Å². The highest BCUT2D eigenvalue weighted by molar-refractivity contribution is 5.86. The fourth-order valence-corrected chi connectivity index (χ4v) is 4.68. The molecule has 2 aromatic carbocycles. The maximum Gasteiger partial charge on any atom is 0.128 e. The lowest BCUT2D eigenvalue weighted by atomic mass is 9.65. The van der Waals surface area contributed by atoms with Crippen LogP contribution in [0.2, 0.25) is 0 Å². The first-order chi connectivity index (χ1) is 12.4. The summed E-state index contributed by atoms with van der Waals surface area (Å²) in [4.78, 5) is 3.44. The minimum absolute atomic E-state index is 0.0580. The Morgan fingerprint density at radius 1 is 1.00 bits per heavy atom. The van der Waals surface area contributed by atoms with Crippen LogP contribution in [0.5, 0.6) is 11.5 Å². The summed E-state index contributed by atoms with van der Waals surface area (Å²) in [5, 5.41) is 4.94. The van der Waals surface area contributed by atoms with E-state index >= 15 is 0 Å². The van der Waals surface area contributed by atoms with E-state index in [-0.39, 0.29) is 11.0 Å². The van der Waals surface area contributed by atoms with Crippen LogP contribution in [-0.4, -0.2) is 24.7 Å². The second-order valence-electron chi connectivity index (χ2n) is 8.02. The van der Waals surface area contributed by atoms with Crippen LogP contribution in [0.25, 0.3) is 10.9 Å². The minimum atomic E-state index is -0.193. The van der Waals surface area contributed by atoms with Crippen LogP contribution in [0.3, 0.4) is 0 Å². The fourth-order valence-electron chi connectivity index (χ4n) is 4.68. The molecule has 1 aliphatic rings. The predicted octanol–water partition coefficient (Wildman–Crippen LogP) is 5.09. The number of benzene rings is 2. The molecule has 0 bridgehead atoms. The lowest BCUT2D eigenvalue weighted by Gasteiger charge is -2.46. The van der Waals surface area contributed by atoms with Gasteiger partial charge in [-0.05, 0) is 31.9 Å². The monoisotopic (exact) mass is 350 g/mol. The van der Waals surface area contributed by atoms with Gasteiger partial charge < -0.3 is 19.8 Å². The van der Waals surface area contributed by atoms with Crippen molar-refractivity contribution in [2.45, 2.75) is 38.1 Å². The van der Waals surface area contributed by atoms with Gasteiger partial charge in [-0.15, -0.1) is 0 Å². The van der Waals surface area contributed by atoms with Crippen molar-refractivity contribution in [2.75, 3.05) is 19.5 Å². The van der Waals surface area contributed by atoms with E-state index in [1.165, 1.54) is 16.5 Å². The van der Waals surface area contributed by atoms with Crippen LogP contribution in [0.15, 0.2) is 42.6 Å². The lowest BCUT2D eigenvalue weighted by molar-refractivity contribution is 0.346. The topological polar surface area (TPSA) is 46.3 Å². The Morgan fingerprint density at radius 3 is 2.50 bits per heavy atom. The molecule has 1 atom stereocenters. The number of rotatable bonds is 3. The number of fused-ring (bicyclic) bond motifs is 2. The number of hydrogen-bond acceptors (Lipinski definition) is 3. The maximum absolute atomic E-state index is 5.80. The van der Waals surface area contributed by atoms with Gasteiger partial charge in [0.15, 0.2) is 0 Å². The smallest absolute Gasteiger partial charge is 0.128 e. The number of ether oxygens (including phenoxy) is 2. The Kier molecular flexibility index (Phi) is 3.69. The summed E-state index contributed by atoms with van der Waals surface area (Å²) in [5.41, 5.74) is 4.47. The summed E-state index contributed by atoms with van der Waals surface area (Å²) in [7, 11) is 3.42. The first kappa shape index (κ1) is 16.8. The zero-order valence-corrected chi connectivity index (χ0v) is 16.1. The van der Waals surface area contributed by atoms with Gasteiger partial charge in [0.2, 0.25) is 0 Å². The molecule has 0 amide bonds. The summed E-state index contributed by atoms with van der Waals surface area (Å²) >= 11 is 0. The maximum atomic E-state index is 5.80. The standard InChI is InChI=1S/C22H26N2O2/c1-21(2)13-22(3,16-12-23-17-9-7-6-8-15(16)17)20-18(24-21)10-14(25-4)11-19(20)26-5/h6-12,23-24H,13H2,1-5H3/t22-/m1/s1. The van der Waals surface area contributed by atoms with E-state index in [9.17, 15) is 0 Å². The van der Waals surface area contributed by atoms with Crippen molar-refractivity contribution in [3.63, 3.8) is 0 Å². The number of H-pyrrole nitrogens is 1. The molecule has 0 saturated carbocycles. The van der Waals surface area contributed by atoms with Crippen LogP contribution in [-0.2, 0) is 5.41 Å². The molecule has 1 aliphatic heterocycles. The zero-order valence-electron chi connectivity index (χ0n) is 16.1. The van der Waals surface area contributed by atoms with Crippen LogP contribution >= 0.6 is 0 Å². The Labute approximate surface area is 154 Å². The molecule has 0 unspecified atom stereocenters. The molecule has 4 heteroatoms. The average molecular weight is 350 g/mol. The van der Waals surface area contributed by atoms with E-state index in [2.05, 4.69) is 67.6 Å². The molecule has 1 aromatic heterocycles. The molecule has 136 valence electrons. The van der Waals surface area contributed by atoms with Crippen LogP contribution in [0, 0.1) is 0 Å². The highest BCUT2D eigenvalue weighted by Gasteiger charge is 2.45. The molecular weight excluding hydrogens is 324 g/mol. The Balaban J connectivity index is 2.03. The zero-order chi connectivity index (χ0) is 18.5. The third kappa shape index (κ3) is 2.44. The van der Waals surface area contributed by atoms with E-state index in [4.69, 9.17) is 9.47 Å². The van der Waals surface area contributed by atoms with Gasteiger partial charge in [0.25, 0.3) is 0 Å². The van der Waals surface area contributed by atoms with Gasteiger partial charge in [-0.3, -0.25) is 0 Å². The van der Waals surface area contributed by atoms with Crippen molar-refractivity contribution >= 4 is 16.6 Å². The minimum Gasteiger partial charge on any atom is -0.497 e. The highest BCUT2D eigenvalue weighted by Crippen LogP contribution is 2.53. The lowest BCUT2D eigenvalue weighted by Crippen LogP contribution is -2.45. The third-order valence-electron chi connectivity index (χ3n) is 5.54. The molecule has 26 heavy (non-hydrogen) atoms. The SMILES string of the molecule is COc1cc2c(c(OC)c1)[C@@](C)(c1c[nH]c3ccccc13)CC(C)(C)N2. The number of para-hydroxylation sites is 1. The Morgan fingerprint density at radius 2 is 1.77 bits per heavy atom. The van der Waals surface area contributed by atoms with Crippen molar-refractivity contribution in [1.29, 1.82) is 0 Å². The summed E-state index contributed by atoms with van der Waals surface area (Å²) in [6.07, 6.45) is 3.11. The van der Waals surface area contributed by atoms with Crippen molar-refractivity contribution in [2.24, 2.45) is 0 Å². The van der Waals surface area contributed by atoms with Crippen LogP contribution in [0.1, 0.15) is 38.3 Å². The number of anilines is 1. The van der Waals surface area contributed by atoms with Gasteiger partial charge in [-0.2, -0.15) is 0 Å². The third-order valence-corrected chi connectivity index (χ3v) is 5.54. The first-order valence-corrected chi connectivity index (χ1v) is 8.99. The van der Waals surface area contributed by atoms with Gasteiger partial charge in [0.05, 0.1) is 14.2 Å². The van der Waals surface area contributed by atoms with Gasteiger partial charge in [-0.25, -0.2) is 0 Å². The van der Waals surface area contributed by atoms with Crippen molar-refractivity contribution in [3.8, 4) is 11.5 Å². The van der Waals surface area contributed by atoms with Gasteiger partial charge >= 0.3 is 0 Å². The second kappa shape index (κ2) is 5.70. The largest absolute Gasteiger partial charge is 0.497 e. The molecule has 2 heterocycles. The average Bonchev–Trinajstić information content (AvgIpc) is 3.04. The second-order valence-corrected chi connectivity index (χ2v) is 8.02. The molecule has 4 rings (SSSR count). The summed E-state index contributed by atoms with van der Waals surface area (Å²) < 4.78 is 11.3. The van der Waals surface area contributed by atoms with E-state index in [0.29, 0.717) is 0 Å². The summed E-state index contributed by atoms with van der Waals surface area (Å²) in [6.45, 7) is 6.81. The van der Waals surface area contributed by atoms with Gasteiger partial charge in [-0.1, -0.05) is 25.1 Å². The number of aromatic amines is 1. The van der Waals surface area contributed by atoms with Crippen molar-refractivity contribution in [3.05, 3.63) is 53.7 Å². The molecule has 3 aromatic rings. The van der Waals surface area contributed by atoms with Crippen molar-refractivity contribution < 1.29 is 9.47 Å². The normalized spacial score (nSPS) is 21.1. The molecular formula is C22H26N2O2. The first-order valence-electron chi connectivity index (χ1n) is 8.99. The molecule has 0 spiro atoms. The Hall–Kier alpha value is -2.62. The van der Waals surface area contributed by atoms with Crippen molar-refractivity contribution in [1.82, 2.24) is 4.98 Å². The summed E-state index contributed by atoms with van der Waals surface area (Å²) in [5.74, 6) is 1.65. The molecule has 0 aliphatic carbocycles. The number of nitrogens with one attached hydrogen (secondary N) is 2. The quantitative estimate of drug-likeness (QED) is 0.692. The van der Waals surface area contributed by atoms with E-state index < -0.39 is 0 Å². The van der Waals surface area contributed by atoms with Gasteiger partial charge in [0, 0.05) is 51.4 Å². The summed E-state index contributed by atoms with van der Waals surface area (Å²) in [6, 6.07) is 12.5.